The maximum absolute atomic E-state index is 14.0. The summed E-state index contributed by atoms with van der Waals surface area (Å²) in [6, 6.07) is 17.4. The quantitative estimate of drug-likeness (QED) is 0.178. The Balaban J connectivity index is 1.69. The fourth-order valence-corrected chi connectivity index (χ4v) is 4.98. The maximum Gasteiger partial charge on any atom is 0.573 e. The van der Waals surface area contributed by atoms with E-state index in [-0.39, 0.29) is 22.2 Å². The summed E-state index contributed by atoms with van der Waals surface area (Å²) in [5.74, 6) is -3.21. The van der Waals surface area contributed by atoms with E-state index in [1.165, 1.54) is 41.2 Å². The molecule has 5 rings (SSSR count). The van der Waals surface area contributed by atoms with Crippen molar-refractivity contribution in [3.63, 3.8) is 0 Å². The number of aryl methyl sites for hydroxylation is 1. The number of nitrogens with zero attached hydrogens (tertiary/aromatic N) is 3. The van der Waals surface area contributed by atoms with Gasteiger partial charge < -0.3 is 9.15 Å². The van der Waals surface area contributed by atoms with Crippen molar-refractivity contribution >= 4 is 9.84 Å². The van der Waals surface area contributed by atoms with Crippen molar-refractivity contribution < 1.29 is 39.5 Å². The van der Waals surface area contributed by atoms with Crippen LogP contribution in [-0.2, 0) is 15.8 Å². The normalized spacial score (nSPS) is 12.5. The molecule has 42 heavy (non-hydrogen) atoms. The summed E-state index contributed by atoms with van der Waals surface area (Å²) in [5, 5.41) is 4.04. The summed E-state index contributed by atoms with van der Waals surface area (Å²) in [4.78, 5) is 4.53. The van der Waals surface area contributed by atoms with Crippen LogP contribution < -0.4 is 4.74 Å². The molecule has 0 radical (unpaired) electrons. The number of ether oxygens (including phenoxy) is 1. The smallest absolute Gasteiger partial charge is 0.440 e. The Labute approximate surface area is 237 Å². The van der Waals surface area contributed by atoms with E-state index < -0.39 is 33.6 Å². The molecule has 218 valence electrons. The lowest BCUT2D eigenvalue weighted by molar-refractivity contribution is -0.274. The van der Waals surface area contributed by atoms with Gasteiger partial charge in [-0.1, -0.05) is 18.2 Å². The number of halogens is 5. The molecule has 13 heteroatoms. The van der Waals surface area contributed by atoms with Gasteiger partial charge in [0.15, 0.2) is 21.5 Å². The van der Waals surface area contributed by atoms with Gasteiger partial charge in [0.05, 0.1) is 10.6 Å². The summed E-state index contributed by atoms with van der Waals surface area (Å²) in [5.41, 5.74) is 2.02. The Morgan fingerprint density at radius 3 is 2.17 bits per heavy atom. The summed E-state index contributed by atoms with van der Waals surface area (Å²) >= 11 is 0. The first kappa shape index (κ1) is 29.0. The average Bonchev–Trinajstić information content (AvgIpc) is 3.55. The van der Waals surface area contributed by atoms with Gasteiger partial charge in [0.1, 0.15) is 17.1 Å². The fourth-order valence-electron chi connectivity index (χ4n) is 4.32. The van der Waals surface area contributed by atoms with Crippen molar-refractivity contribution in [2.45, 2.75) is 31.0 Å². The Morgan fingerprint density at radius 2 is 1.55 bits per heavy atom. The lowest BCUT2D eigenvalue weighted by atomic mass is 9.98. The largest absolute Gasteiger partial charge is 0.573 e. The van der Waals surface area contributed by atoms with E-state index in [4.69, 9.17) is 4.42 Å². The molecule has 0 aliphatic carbocycles. The third-order valence-corrected chi connectivity index (χ3v) is 7.33. The van der Waals surface area contributed by atoms with Crippen LogP contribution in [0.5, 0.6) is 5.75 Å². The van der Waals surface area contributed by atoms with Crippen LogP contribution in [0.25, 0.3) is 39.4 Å². The SMILES string of the molecule is Cc1nc(-c2ccc(OC(F)(F)F)cc2)c(-c2cc(-c3cccc(S(C)(=O)=O)c3)ccc2-n2ccc(C(C)(F)F)n2)o1. The van der Waals surface area contributed by atoms with Gasteiger partial charge in [0.2, 0.25) is 0 Å². The second kappa shape index (κ2) is 10.4. The first-order valence-corrected chi connectivity index (χ1v) is 14.2. The van der Waals surface area contributed by atoms with Gasteiger partial charge in [-0.05, 0) is 65.7 Å². The van der Waals surface area contributed by atoms with Crippen molar-refractivity contribution in [3.8, 4) is 45.1 Å². The predicted molar refractivity (Wildman–Crippen MR) is 144 cm³/mol. The Bertz CT molecular complexity index is 1870. The topological polar surface area (TPSA) is 87.2 Å². The second-order valence-corrected chi connectivity index (χ2v) is 11.6. The monoisotopic (exact) mass is 603 g/mol. The minimum Gasteiger partial charge on any atom is -0.440 e. The van der Waals surface area contributed by atoms with Gasteiger partial charge in [-0.15, -0.1) is 13.2 Å². The lowest BCUT2D eigenvalue weighted by Gasteiger charge is -2.13. The van der Waals surface area contributed by atoms with Gasteiger partial charge in [0, 0.05) is 37.4 Å². The third-order valence-electron chi connectivity index (χ3n) is 6.22. The van der Waals surface area contributed by atoms with Crippen LogP contribution >= 0.6 is 0 Å². The number of benzene rings is 3. The van der Waals surface area contributed by atoms with Crippen LogP contribution in [0.2, 0.25) is 0 Å². The van der Waals surface area contributed by atoms with E-state index >= 15 is 0 Å². The van der Waals surface area contributed by atoms with Gasteiger partial charge in [0.25, 0.3) is 5.92 Å². The van der Waals surface area contributed by atoms with Crippen molar-refractivity contribution in [2.75, 3.05) is 6.26 Å². The van der Waals surface area contributed by atoms with Gasteiger partial charge in [-0.3, -0.25) is 0 Å². The highest BCUT2D eigenvalue weighted by Crippen LogP contribution is 2.39. The van der Waals surface area contributed by atoms with Crippen LogP contribution in [0.1, 0.15) is 18.5 Å². The summed E-state index contributed by atoms with van der Waals surface area (Å²) in [7, 11) is -3.51. The lowest BCUT2D eigenvalue weighted by Crippen LogP contribution is -2.16. The molecule has 0 aliphatic heterocycles. The van der Waals surface area contributed by atoms with E-state index in [0.29, 0.717) is 27.9 Å². The molecule has 2 aromatic heterocycles. The van der Waals surface area contributed by atoms with E-state index in [9.17, 15) is 30.4 Å². The molecule has 5 aromatic rings. The molecule has 0 saturated carbocycles. The number of aromatic nitrogens is 3. The minimum absolute atomic E-state index is 0.102. The molecule has 7 nitrogen and oxygen atoms in total. The first-order chi connectivity index (χ1) is 19.6. The van der Waals surface area contributed by atoms with E-state index in [2.05, 4.69) is 14.8 Å². The molecule has 0 N–H and O–H groups in total. The molecule has 0 fully saturated rings. The van der Waals surface area contributed by atoms with Gasteiger partial charge in [-0.25, -0.2) is 18.1 Å². The molecule has 0 unspecified atom stereocenters. The van der Waals surface area contributed by atoms with Crippen LogP contribution in [0, 0.1) is 6.92 Å². The van der Waals surface area contributed by atoms with Crippen LogP contribution in [-0.4, -0.2) is 35.8 Å². The molecule has 0 saturated heterocycles. The highest BCUT2D eigenvalue weighted by Gasteiger charge is 2.31. The second-order valence-electron chi connectivity index (χ2n) is 9.55. The van der Waals surface area contributed by atoms with Crippen molar-refractivity contribution in [1.29, 1.82) is 0 Å². The third kappa shape index (κ3) is 6.20. The Morgan fingerprint density at radius 1 is 0.881 bits per heavy atom. The van der Waals surface area contributed by atoms with Crippen LogP contribution in [0.15, 0.2) is 88.3 Å². The van der Waals surface area contributed by atoms with E-state index in [1.54, 1.807) is 37.3 Å². The first-order valence-electron chi connectivity index (χ1n) is 12.3. The van der Waals surface area contributed by atoms with E-state index in [0.717, 1.165) is 25.3 Å². The zero-order valence-corrected chi connectivity index (χ0v) is 23.1. The number of oxazole rings is 1. The Kier molecular flexibility index (Phi) is 7.17. The zero-order chi connectivity index (χ0) is 30.4. The molecule has 0 aliphatic rings. The number of rotatable bonds is 7. The summed E-state index contributed by atoms with van der Waals surface area (Å²) in [6.07, 6.45) is -2.41. The molecule has 0 spiro atoms. The molecule has 0 bridgehead atoms. The standard InChI is InChI=1S/C29H22F5N3O4S/c1-17-35-26(18-7-10-21(11-8-18)41-29(32,33)34)27(40-17)23-16-20(19-5-4-6-22(15-19)42(3,38)39)9-12-24(23)37-14-13-25(36-37)28(2,30)31/h4-16H,1-3H3. The molecular formula is C29H22F5N3O4S. The van der Waals surface area contributed by atoms with Crippen LogP contribution in [0.4, 0.5) is 22.0 Å². The number of hydrogen-bond donors (Lipinski definition) is 0. The molecule has 0 atom stereocenters. The Hall–Kier alpha value is -4.52. The fraction of sp³-hybridized carbons (Fsp3) is 0.172. The summed E-state index contributed by atoms with van der Waals surface area (Å²) in [6.45, 7) is 2.30. The number of sulfone groups is 1. The highest BCUT2D eigenvalue weighted by atomic mass is 32.2. The maximum atomic E-state index is 14.0. The van der Waals surface area contributed by atoms with Gasteiger partial charge >= 0.3 is 6.36 Å². The number of hydrogen-bond acceptors (Lipinski definition) is 6. The van der Waals surface area contributed by atoms with Gasteiger partial charge in [-0.2, -0.15) is 13.9 Å². The molecule has 2 heterocycles. The molecule has 0 amide bonds. The summed E-state index contributed by atoms with van der Waals surface area (Å²) < 4.78 is 102. The van der Waals surface area contributed by atoms with Crippen molar-refractivity contribution in [2.24, 2.45) is 0 Å². The minimum atomic E-state index is -4.86. The molecular weight excluding hydrogens is 581 g/mol. The predicted octanol–water partition coefficient (Wildman–Crippen LogP) is 7.58. The average molecular weight is 604 g/mol. The zero-order valence-electron chi connectivity index (χ0n) is 22.3. The molecule has 3 aromatic carbocycles. The number of alkyl halides is 5. The van der Waals surface area contributed by atoms with Crippen LogP contribution in [0.3, 0.4) is 0 Å². The van der Waals surface area contributed by atoms with E-state index in [1.807, 2.05) is 0 Å². The van der Waals surface area contributed by atoms with Crippen molar-refractivity contribution in [3.05, 3.63) is 90.6 Å². The van der Waals surface area contributed by atoms with Crippen molar-refractivity contribution in [1.82, 2.24) is 14.8 Å². The highest BCUT2D eigenvalue weighted by molar-refractivity contribution is 7.90.